The number of thiophene rings is 1. The highest BCUT2D eigenvalue weighted by Crippen LogP contribution is 2.34. The Kier molecular flexibility index (Phi) is 4.34. The van der Waals surface area contributed by atoms with E-state index in [9.17, 15) is 4.79 Å². The molecule has 0 saturated carbocycles. The Labute approximate surface area is 157 Å². The van der Waals surface area contributed by atoms with Gasteiger partial charge in [-0.1, -0.05) is 59.6 Å². The van der Waals surface area contributed by atoms with Gasteiger partial charge in [-0.15, -0.1) is 11.3 Å². The van der Waals surface area contributed by atoms with Gasteiger partial charge in [0.25, 0.3) is 5.56 Å². The number of fused-ring (bicyclic) bond motifs is 1. The maximum Gasteiger partial charge on any atom is 0.260 e. The van der Waals surface area contributed by atoms with Gasteiger partial charge in [-0.25, -0.2) is 4.98 Å². The highest BCUT2D eigenvalue weighted by molar-refractivity contribution is 7.17. The van der Waals surface area contributed by atoms with E-state index in [-0.39, 0.29) is 5.56 Å². The number of benzene rings is 2. The summed E-state index contributed by atoms with van der Waals surface area (Å²) in [6, 6.07) is 15.3. The first-order valence-electron chi connectivity index (χ1n) is 7.61. The number of hydrogen-bond acceptors (Lipinski definition) is 3. The molecule has 1 N–H and O–H groups in total. The van der Waals surface area contributed by atoms with Crippen LogP contribution in [-0.4, -0.2) is 9.97 Å². The van der Waals surface area contributed by atoms with E-state index in [1.54, 1.807) is 12.1 Å². The van der Waals surface area contributed by atoms with E-state index in [0.717, 1.165) is 21.5 Å². The summed E-state index contributed by atoms with van der Waals surface area (Å²) in [5.74, 6) is 0.659. The molecular formula is C19H12Cl2N2OS. The molecule has 0 radical (unpaired) electrons. The first kappa shape index (κ1) is 16.3. The van der Waals surface area contributed by atoms with Gasteiger partial charge in [-0.3, -0.25) is 4.79 Å². The third-order valence-electron chi connectivity index (χ3n) is 3.94. The van der Waals surface area contributed by atoms with Gasteiger partial charge in [0.2, 0.25) is 0 Å². The van der Waals surface area contributed by atoms with Crippen LogP contribution in [0, 0.1) is 0 Å². The van der Waals surface area contributed by atoms with Crippen LogP contribution >= 0.6 is 34.5 Å². The summed E-state index contributed by atoms with van der Waals surface area (Å²) in [6.07, 6.45) is 0.589. The molecule has 0 bridgehead atoms. The van der Waals surface area contributed by atoms with Crippen molar-refractivity contribution in [2.24, 2.45) is 0 Å². The van der Waals surface area contributed by atoms with E-state index in [1.807, 2.05) is 41.8 Å². The second-order valence-electron chi connectivity index (χ2n) is 5.63. The lowest BCUT2D eigenvalue weighted by Crippen LogP contribution is -2.11. The fourth-order valence-electron chi connectivity index (χ4n) is 2.74. The first-order valence-corrected chi connectivity index (χ1v) is 9.25. The molecule has 0 atom stereocenters. The van der Waals surface area contributed by atoms with Crippen molar-refractivity contribution in [2.45, 2.75) is 6.42 Å². The number of aromatic nitrogens is 2. The molecule has 4 aromatic rings. The van der Waals surface area contributed by atoms with Gasteiger partial charge in [0.15, 0.2) is 0 Å². The quantitative estimate of drug-likeness (QED) is 0.501. The van der Waals surface area contributed by atoms with Crippen LogP contribution in [-0.2, 0) is 6.42 Å². The van der Waals surface area contributed by atoms with E-state index in [0.29, 0.717) is 27.7 Å². The van der Waals surface area contributed by atoms with E-state index in [4.69, 9.17) is 23.2 Å². The summed E-state index contributed by atoms with van der Waals surface area (Å²) < 4.78 is 0. The van der Waals surface area contributed by atoms with E-state index >= 15 is 0 Å². The van der Waals surface area contributed by atoms with Gasteiger partial charge >= 0.3 is 0 Å². The standard InChI is InChI=1S/C19H12Cl2N2OS/c20-14-7-6-12(9-15(14)21)13-10-25-19-17(13)18(24)22-16(23-19)8-11-4-2-1-3-5-11/h1-7,9-10H,8H2,(H,22,23,24). The molecule has 2 aromatic heterocycles. The van der Waals surface area contributed by atoms with Crippen molar-refractivity contribution in [2.75, 3.05) is 0 Å². The zero-order chi connectivity index (χ0) is 17.4. The maximum atomic E-state index is 12.6. The minimum absolute atomic E-state index is 0.141. The highest BCUT2D eigenvalue weighted by atomic mass is 35.5. The van der Waals surface area contributed by atoms with Crippen molar-refractivity contribution >= 4 is 44.8 Å². The molecule has 0 amide bonds. The summed E-state index contributed by atoms with van der Waals surface area (Å²) in [7, 11) is 0. The lowest BCUT2D eigenvalue weighted by Gasteiger charge is -2.04. The fourth-order valence-corrected chi connectivity index (χ4v) is 4.01. The van der Waals surface area contributed by atoms with E-state index < -0.39 is 0 Å². The summed E-state index contributed by atoms with van der Waals surface area (Å²) >= 11 is 13.5. The lowest BCUT2D eigenvalue weighted by atomic mass is 10.1. The lowest BCUT2D eigenvalue weighted by molar-refractivity contribution is 0.977. The van der Waals surface area contributed by atoms with Gasteiger partial charge in [-0.05, 0) is 23.3 Å². The molecule has 124 valence electrons. The number of halogens is 2. The summed E-state index contributed by atoms with van der Waals surface area (Å²) in [4.78, 5) is 20.9. The van der Waals surface area contributed by atoms with Gasteiger partial charge in [0.05, 0.1) is 15.4 Å². The van der Waals surface area contributed by atoms with Gasteiger partial charge < -0.3 is 4.98 Å². The Morgan fingerprint density at radius 2 is 1.84 bits per heavy atom. The topological polar surface area (TPSA) is 45.8 Å². The zero-order valence-corrected chi connectivity index (χ0v) is 15.3. The minimum Gasteiger partial charge on any atom is -0.310 e. The molecule has 0 aliphatic rings. The fraction of sp³-hybridized carbons (Fsp3) is 0.0526. The van der Waals surface area contributed by atoms with Gasteiger partial charge in [0.1, 0.15) is 10.7 Å². The Bertz CT molecular complexity index is 1120. The second kappa shape index (κ2) is 6.64. The van der Waals surface area contributed by atoms with Crippen LogP contribution in [0.1, 0.15) is 11.4 Å². The van der Waals surface area contributed by atoms with E-state index in [2.05, 4.69) is 9.97 Å². The molecule has 2 heterocycles. The zero-order valence-electron chi connectivity index (χ0n) is 12.9. The number of H-pyrrole nitrogens is 1. The number of hydrogen-bond donors (Lipinski definition) is 1. The molecule has 0 saturated heterocycles. The van der Waals surface area contributed by atoms with Crippen molar-refractivity contribution in [3.05, 3.63) is 85.7 Å². The Morgan fingerprint density at radius 1 is 1.04 bits per heavy atom. The SMILES string of the molecule is O=c1[nH]c(Cc2ccccc2)nc2scc(-c3ccc(Cl)c(Cl)c3)c12. The normalized spacial score (nSPS) is 11.1. The highest BCUT2D eigenvalue weighted by Gasteiger charge is 2.14. The molecule has 4 rings (SSSR count). The Morgan fingerprint density at radius 3 is 2.60 bits per heavy atom. The molecule has 0 unspecified atom stereocenters. The monoisotopic (exact) mass is 386 g/mol. The molecule has 0 spiro atoms. The number of rotatable bonds is 3. The Balaban J connectivity index is 1.79. The summed E-state index contributed by atoms with van der Waals surface area (Å²) in [6.45, 7) is 0. The molecule has 0 aliphatic heterocycles. The first-order chi connectivity index (χ1) is 12.1. The Hall–Kier alpha value is -2.14. The minimum atomic E-state index is -0.141. The molecule has 3 nitrogen and oxygen atoms in total. The predicted molar refractivity (Wildman–Crippen MR) is 105 cm³/mol. The summed E-state index contributed by atoms with van der Waals surface area (Å²) in [5.41, 5.74) is 2.63. The molecule has 2 aromatic carbocycles. The van der Waals surface area contributed by atoms with Crippen LogP contribution in [0.4, 0.5) is 0 Å². The van der Waals surface area contributed by atoms with Gasteiger partial charge in [0, 0.05) is 17.4 Å². The number of nitrogens with one attached hydrogen (secondary N) is 1. The molecule has 0 aliphatic carbocycles. The van der Waals surface area contributed by atoms with Crippen molar-refractivity contribution in [3.63, 3.8) is 0 Å². The van der Waals surface area contributed by atoms with Crippen molar-refractivity contribution < 1.29 is 0 Å². The van der Waals surface area contributed by atoms with Crippen LogP contribution in [0.3, 0.4) is 0 Å². The number of aromatic amines is 1. The average molecular weight is 387 g/mol. The van der Waals surface area contributed by atoms with E-state index in [1.165, 1.54) is 11.3 Å². The van der Waals surface area contributed by atoms with Crippen LogP contribution in [0.25, 0.3) is 21.3 Å². The third-order valence-corrected chi connectivity index (χ3v) is 5.55. The van der Waals surface area contributed by atoms with Crippen LogP contribution in [0.2, 0.25) is 10.0 Å². The van der Waals surface area contributed by atoms with Crippen LogP contribution in [0.5, 0.6) is 0 Å². The molecular weight excluding hydrogens is 375 g/mol. The summed E-state index contributed by atoms with van der Waals surface area (Å²) in [5, 5.41) is 3.46. The van der Waals surface area contributed by atoms with Crippen molar-refractivity contribution in [1.29, 1.82) is 0 Å². The second-order valence-corrected chi connectivity index (χ2v) is 7.31. The molecule has 25 heavy (non-hydrogen) atoms. The largest absolute Gasteiger partial charge is 0.310 e. The maximum absolute atomic E-state index is 12.6. The predicted octanol–water partition coefficient (Wildman–Crippen LogP) is 5.55. The number of nitrogens with zero attached hydrogens (tertiary/aromatic N) is 1. The van der Waals surface area contributed by atoms with Crippen molar-refractivity contribution in [1.82, 2.24) is 9.97 Å². The van der Waals surface area contributed by atoms with Crippen LogP contribution in [0.15, 0.2) is 58.7 Å². The van der Waals surface area contributed by atoms with Crippen molar-refractivity contribution in [3.8, 4) is 11.1 Å². The molecule has 6 heteroatoms. The van der Waals surface area contributed by atoms with Gasteiger partial charge in [-0.2, -0.15) is 0 Å². The van der Waals surface area contributed by atoms with Crippen LogP contribution < -0.4 is 5.56 Å². The third kappa shape index (κ3) is 3.21. The smallest absolute Gasteiger partial charge is 0.260 e. The molecule has 0 fully saturated rings. The average Bonchev–Trinajstić information content (AvgIpc) is 3.03.